The number of hydrogen-bond donors (Lipinski definition) is 1. The number of fused-ring (bicyclic) bond motifs is 1. The number of aliphatic hydroxyl groups excluding tert-OH is 1. The van der Waals surface area contributed by atoms with Crippen LogP contribution in [-0.4, -0.2) is 23.6 Å². The molecule has 0 saturated heterocycles. The van der Waals surface area contributed by atoms with Gasteiger partial charge in [-0.3, -0.25) is 0 Å². The number of aliphatic hydroxyl groups is 1. The van der Waals surface area contributed by atoms with E-state index < -0.39 is 24.4 Å². The molecule has 1 nitrogen and oxygen atoms in total. The van der Waals surface area contributed by atoms with Crippen molar-refractivity contribution in [1.29, 1.82) is 0 Å². The smallest absolute Gasteiger partial charge is 0.137 e. The van der Waals surface area contributed by atoms with Gasteiger partial charge in [-0.1, -0.05) is 6.92 Å². The Morgan fingerprint density at radius 1 is 1.00 bits per heavy atom. The van der Waals surface area contributed by atoms with E-state index in [0.717, 1.165) is 19.3 Å². The van der Waals surface area contributed by atoms with E-state index in [9.17, 15) is 18.3 Å². The molecule has 0 radical (unpaired) electrons. The van der Waals surface area contributed by atoms with E-state index >= 15 is 0 Å². The van der Waals surface area contributed by atoms with E-state index in [4.69, 9.17) is 0 Å². The summed E-state index contributed by atoms with van der Waals surface area (Å²) in [6.07, 6.45) is 1.59. The first-order valence-electron chi connectivity index (χ1n) is 8.29. The van der Waals surface area contributed by atoms with Gasteiger partial charge in [-0.05, 0) is 61.9 Å². The third kappa shape index (κ3) is 2.70. The number of alkyl halides is 3. The lowest BCUT2D eigenvalue weighted by Crippen LogP contribution is -2.52. The average molecular weight is 302 g/mol. The molecule has 0 aromatic rings. The number of allylic oxidation sites excluding steroid dienone is 2. The molecule has 0 bridgehead atoms. The minimum atomic E-state index is -1.65. The SMILES string of the molecule is CC1CC2CCC(C3CC=C(O)CC3)C(F)C2C(F)C1F. The van der Waals surface area contributed by atoms with Gasteiger partial charge in [-0.15, -0.1) is 0 Å². The Balaban J connectivity index is 1.73. The molecule has 8 atom stereocenters. The molecule has 3 aliphatic rings. The number of hydrogen-bond acceptors (Lipinski definition) is 1. The van der Waals surface area contributed by atoms with Crippen molar-refractivity contribution in [2.75, 3.05) is 0 Å². The Bertz CT molecular complexity index is 409. The summed E-state index contributed by atoms with van der Waals surface area (Å²) in [6, 6.07) is 0. The lowest BCUT2D eigenvalue weighted by molar-refractivity contribution is -0.0894. The van der Waals surface area contributed by atoms with Crippen molar-refractivity contribution >= 4 is 0 Å². The maximum absolute atomic E-state index is 14.9. The maximum atomic E-state index is 14.9. The zero-order chi connectivity index (χ0) is 15.1. The van der Waals surface area contributed by atoms with Gasteiger partial charge in [0.15, 0.2) is 0 Å². The zero-order valence-electron chi connectivity index (χ0n) is 12.5. The van der Waals surface area contributed by atoms with Crippen LogP contribution >= 0.6 is 0 Å². The summed E-state index contributed by atoms with van der Waals surface area (Å²) >= 11 is 0. The summed E-state index contributed by atoms with van der Waals surface area (Å²) in [7, 11) is 0. The molecule has 2 saturated carbocycles. The topological polar surface area (TPSA) is 20.2 Å². The average Bonchev–Trinajstić information content (AvgIpc) is 2.46. The normalized spacial score (nSPS) is 51.1. The lowest BCUT2D eigenvalue weighted by atomic mass is 9.60. The summed E-state index contributed by atoms with van der Waals surface area (Å²) in [5.74, 6) is -0.667. The number of halogens is 3. The van der Waals surface area contributed by atoms with Gasteiger partial charge in [0.05, 0.1) is 5.76 Å². The van der Waals surface area contributed by atoms with Crippen molar-refractivity contribution in [3.05, 3.63) is 11.8 Å². The molecule has 120 valence electrons. The Labute approximate surface area is 124 Å². The molecule has 0 spiro atoms. The van der Waals surface area contributed by atoms with Gasteiger partial charge in [0, 0.05) is 12.3 Å². The van der Waals surface area contributed by atoms with Crippen LogP contribution in [0.15, 0.2) is 11.8 Å². The fourth-order valence-corrected chi connectivity index (χ4v) is 4.87. The van der Waals surface area contributed by atoms with Crippen molar-refractivity contribution in [1.82, 2.24) is 0 Å². The zero-order valence-corrected chi connectivity index (χ0v) is 12.5. The molecular weight excluding hydrogens is 277 g/mol. The predicted octanol–water partition coefficient (Wildman–Crippen LogP) is 4.92. The highest BCUT2D eigenvalue weighted by Gasteiger charge is 2.52. The fourth-order valence-electron chi connectivity index (χ4n) is 4.87. The summed E-state index contributed by atoms with van der Waals surface area (Å²) < 4.78 is 43.2. The predicted molar refractivity (Wildman–Crippen MR) is 76.2 cm³/mol. The molecule has 2 fully saturated rings. The highest BCUT2D eigenvalue weighted by molar-refractivity contribution is 5.04. The van der Waals surface area contributed by atoms with Crippen molar-refractivity contribution in [2.24, 2.45) is 29.6 Å². The van der Waals surface area contributed by atoms with Crippen LogP contribution in [0.3, 0.4) is 0 Å². The molecule has 0 aromatic heterocycles. The second kappa shape index (κ2) is 5.85. The summed E-state index contributed by atoms with van der Waals surface area (Å²) in [4.78, 5) is 0. The molecule has 4 heteroatoms. The monoisotopic (exact) mass is 302 g/mol. The van der Waals surface area contributed by atoms with Gasteiger partial charge >= 0.3 is 0 Å². The van der Waals surface area contributed by atoms with E-state index in [1.165, 1.54) is 0 Å². The maximum Gasteiger partial charge on any atom is 0.137 e. The Hall–Kier alpha value is -0.670. The van der Waals surface area contributed by atoms with Crippen molar-refractivity contribution in [3.8, 4) is 0 Å². The lowest BCUT2D eigenvalue weighted by Gasteiger charge is -2.48. The molecule has 0 aliphatic heterocycles. The van der Waals surface area contributed by atoms with Crippen LogP contribution in [0.5, 0.6) is 0 Å². The third-order valence-electron chi connectivity index (χ3n) is 6.11. The molecule has 21 heavy (non-hydrogen) atoms. The van der Waals surface area contributed by atoms with Crippen molar-refractivity contribution in [3.63, 3.8) is 0 Å². The second-order valence-electron chi connectivity index (χ2n) is 7.35. The van der Waals surface area contributed by atoms with E-state index in [0.29, 0.717) is 25.0 Å². The van der Waals surface area contributed by atoms with Gasteiger partial charge in [0.25, 0.3) is 0 Å². The first-order valence-corrected chi connectivity index (χ1v) is 8.29. The molecule has 8 unspecified atom stereocenters. The van der Waals surface area contributed by atoms with Crippen molar-refractivity contribution in [2.45, 2.75) is 64.0 Å². The van der Waals surface area contributed by atoms with Crippen LogP contribution in [0.25, 0.3) is 0 Å². The van der Waals surface area contributed by atoms with E-state index in [-0.39, 0.29) is 23.7 Å². The minimum absolute atomic E-state index is 0.000727. The minimum Gasteiger partial charge on any atom is -0.513 e. The van der Waals surface area contributed by atoms with Crippen LogP contribution in [0.2, 0.25) is 0 Å². The molecule has 3 aliphatic carbocycles. The highest BCUT2D eigenvalue weighted by Crippen LogP contribution is 2.51. The van der Waals surface area contributed by atoms with E-state index in [2.05, 4.69) is 0 Å². The van der Waals surface area contributed by atoms with E-state index in [1.807, 2.05) is 0 Å². The second-order valence-corrected chi connectivity index (χ2v) is 7.35. The third-order valence-corrected chi connectivity index (χ3v) is 6.11. The molecular formula is C17H25F3O. The molecule has 0 heterocycles. The van der Waals surface area contributed by atoms with Gasteiger partial charge in [0.2, 0.25) is 0 Å². The molecule has 1 N–H and O–H groups in total. The van der Waals surface area contributed by atoms with Crippen LogP contribution in [0, 0.1) is 29.6 Å². The molecule has 0 aromatic carbocycles. The van der Waals surface area contributed by atoms with Gasteiger partial charge in [0.1, 0.15) is 18.5 Å². The molecule has 3 rings (SSSR count). The first-order chi connectivity index (χ1) is 9.99. The Morgan fingerprint density at radius 2 is 1.76 bits per heavy atom. The van der Waals surface area contributed by atoms with Crippen LogP contribution in [-0.2, 0) is 0 Å². The summed E-state index contributed by atoms with van der Waals surface area (Å²) in [5.41, 5.74) is 0. The highest BCUT2D eigenvalue weighted by atomic mass is 19.2. The van der Waals surface area contributed by atoms with Gasteiger partial charge in [-0.2, -0.15) is 0 Å². The largest absolute Gasteiger partial charge is 0.513 e. The quantitative estimate of drug-likeness (QED) is 0.728. The molecule has 0 amide bonds. The van der Waals surface area contributed by atoms with Crippen LogP contribution in [0.4, 0.5) is 13.2 Å². The standard InChI is InChI=1S/C17H25F3O/c1-9-8-11-4-7-13(10-2-5-12(21)6-3-10)16(19)14(11)17(20)15(9)18/h5,9-11,13-17,21H,2-4,6-8H2,1H3. The van der Waals surface area contributed by atoms with Gasteiger partial charge in [-0.25, -0.2) is 13.2 Å². The van der Waals surface area contributed by atoms with Crippen molar-refractivity contribution < 1.29 is 18.3 Å². The van der Waals surface area contributed by atoms with Crippen LogP contribution < -0.4 is 0 Å². The van der Waals surface area contributed by atoms with Crippen LogP contribution in [0.1, 0.15) is 45.4 Å². The number of rotatable bonds is 1. The Kier molecular flexibility index (Phi) is 4.24. The first kappa shape index (κ1) is 15.2. The summed E-state index contributed by atoms with van der Waals surface area (Å²) in [5, 5.41) is 9.44. The fraction of sp³-hybridized carbons (Fsp3) is 0.882. The van der Waals surface area contributed by atoms with E-state index in [1.54, 1.807) is 13.0 Å². The van der Waals surface area contributed by atoms with Gasteiger partial charge < -0.3 is 5.11 Å². The Morgan fingerprint density at radius 3 is 2.43 bits per heavy atom. The summed E-state index contributed by atoms with van der Waals surface area (Å²) in [6.45, 7) is 1.74.